The van der Waals surface area contributed by atoms with Crippen molar-refractivity contribution in [3.8, 4) is 0 Å². The lowest BCUT2D eigenvalue weighted by Gasteiger charge is -1.99. The van der Waals surface area contributed by atoms with Crippen LogP contribution in [-0.2, 0) is 6.18 Å². The van der Waals surface area contributed by atoms with Gasteiger partial charge in [0.1, 0.15) is 5.69 Å². The van der Waals surface area contributed by atoms with Gasteiger partial charge >= 0.3 is 6.18 Å². The Balaban J connectivity index is 1.98. The number of nitrogens with one attached hydrogen (secondary N) is 2. The summed E-state index contributed by atoms with van der Waals surface area (Å²) >= 11 is 0.805. The molecule has 0 atom stereocenters. The molecule has 2 aromatic rings. The summed E-state index contributed by atoms with van der Waals surface area (Å²) in [4.78, 5) is 11.9. The molecule has 10 heteroatoms. The molecule has 0 unspecified atom stereocenters. The molecule has 1 amide bonds. The maximum atomic E-state index is 12.6. The number of carbonyl (C=O) groups is 1. The van der Waals surface area contributed by atoms with Gasteiger partial charge in [0.15, 0.2) is 10.8 Å². The zero-order chi connectivity index (χ0) is 14.8. The maximum Gasteiger partial charge on any atom is 0.432 e. The molecule has 0 aromatic carbocycles. The number of H-pyrrole nitrogens is 1. The fraction of sp³-hybridized carbons (Fsp3) is 0.100. The Morgan fingerprint density at radius 3 is 2.75 bits per heavy atom. The molecule has 2 rings (SSSR count). The number of hydrazone groups is 1. The first-order chi connectivity index (χ1) is 9.36. The standard InChI is InChI=1S/C10H6F4N4OS/c11-8-2-1-5(20-8)4-15-18-9(19)6-3-7(17-16-6)10(12,13)14/h1-4H,(H,16,17)(H,18,19). The van der Waals surface area contributed by atoms with E-state index in [1.54, 1.807) is 5.10 Å². The molecule has 0 aliphatic rings. The van der Waals surface area contributed by atoms with Crippen molar-refractivity contribution >= 4 is 23.5 Å². The van der Waals surface area contributed by atoms with Crippen molar-refractivity contribution in [2.24, 2.45) is 5.10 Å². The van der Waals surface area contributed by atoms with Crippen LogP contribution in [0, 0.1) is 5.13 Å². The van der Waals surface area contributed by atoms with E-state index in [0.717, 1.165) is 11.3 Å². The average Bonchev–Trinajstić information content (AvgIpc) is 2.97. The third-order valence-electron chi connectivity index (χ3n) is 2.07. The van der Waals surface area contributed by atoms with E-state index >= 15 is 0 Å². The minimum Gasteiger partial charge on any atom is -0.273 e. The second-order valence-corrected chi connectivity index (χ2v) is 4.57. The van der Waals surface area contributed by atoms with Gasteiger partial charge in [-0.15, -0.1) is 11.3 Å². The normalized spacial score (nSPS) is 12.0. The van der Waals surface area contributed by atoms with Gasteiger partial charge < -0.3 is 0 Å². The van der Waals surface area contributed by atoms with Crippen LogP contribution >= 0.6 is 11.3 Å². The number of thiophene rings is 1. The number of halogens is 4. The number of hydrogen-bond donors (Lipinski definition) is 2. The van der Waals surface area contributed by atoms with E-state index in [1.165, 1.54) is 18.3 Å². The Labute approximate surface area is 113 Å². The summed E-state index contributed by atoms with van der Waals surface area (Å²) in [6.45, 7) is 0. The van der Waals surface area contributed by atoms with Crippen LogP contribution in [-0.4, -0.2) is 22.3 Å². The van der Waals surface area contributed by atoms with Crippen molar-refractivity contribution in [2.75, 3.05) is 0 Å². The molecule has 0 aliphatic heterocycles. The van der Waals surface area contributed by atoms with Crippen LogP contribution in [0.2, 0.25) is 0 Å². The van der Waals surface area contributed by atoms with Crippen LogP contribution in [0.4, 0.5) is 17.6 Å². The second-order valence-electron chi connectivity index (χ2n) is 3.51. The van der Waals surface area contributed by atoms with Crippen molar-refractivity contribution in [3.63, 3.8) is 0 Å². The highest BCUT2D eigenvalue weighted by molar-refractivity contribution is 7.12. The van der Waals surface area contributed by atoms with Crippen LogP contribution in [0.5, 0.6) is 0 Å². The Morgan fingerprint density at radius 2 is 2.20 bits per heavy atom. The Morgan fingerprint density at radius 1 is 1.45 bits per heavy atom. The van der Waals surface area contributed by atoms with Crippen molar-refractivity contribution in [3.05, 3.63) is 39.6 Å². The summed E-state index contributed by atoms with van der Waals surface area (Å²) in [7, 11) is 0. The van der Waals surface area contributed by atoms with Crippen LogP contribution in [0.3, 0.4) is 0 Å². The number of aromatic nitrogens is 2. The SMILES string of the molecule is O=C(NN=Cc1ccc(F)s1)c1cc(C(F)(F)F)[nH]n1. The second kappa shape index (κ2) is 5.41. The van der Waals surface area contributed by atoms with Gasteiger partial charge in [-0.2, -0.15) is 27.8 Å². The highest BCUT2D eigenvalue weighted by Crippen LogP contribution is 2.27. The number of amides is 1. The highest BCUT2D eigenvalue weighted by atomic mass is 32.1. The van der Waals surface area contributed by atoms with E-state index in [0.29, 0.717) is 10.9 Å². The van der Waals surface area contributed by atoms with E-state index in [4.69, 9.17) is 0 Å². The first-order valence-electron chi connectivity index (χ1n) is 5.07. The smallest absolute Gasteiger partial charge is 0.273 e. The number of nitrogens with zero attached hydrogens (tertiary/aromatic N) is 2. The van der Waals surface area contributed by atoms with Crippen molar-refractivity contribution < 1.29 is 22.4 Å². The monoisotopic (exact) mass is 306 g/mol. The summed E-state index contributed by atoms with van der Waals surface area (Å²) in [6, 6.07) is 3.22. The predicted octanol–water partition coefficient (Wildman–Crippen LogP) is 2.39. The number of carbonyl (C=O) groups excluding carboxylic acids is 1. The highest BCUT2D eigenvalue weighted by Gasteiger charge is 2.33. The minimum absolute atomic E-state index is 0.417. The lowest BCUT2D eigenvalue weighted by molar-refractivity contribution is -0.141. The molecule has 0 spiro atoms. The van der Waals surface area contributed by atoms with Crippen molar-refractivity contribution in [1.82, 2.24) is 15.6 Å². The van der Waals surface area contributed by atoms with Crippen molar-refractivity contribution in [2.45, 2.75) is 6.18 Å². The van der Waals surface area contributed by atoms with Gasteiger partial charge in [-0.05, 0) is 12.1 Å². The molecule has 0 radical (unpaired) electrons. The Kier molecular flexibility index (Phi) is 3.84. The molecule has 20 heavy (non-hydrogen) atoms. The molecule has 2 heterocycles. The molecule has 0 saturated heterocycles. The molecule has 0 saturated carbocycles. The summed E-state index contributed by atoms with van der Waals surface area (Å²) < 4.78 is 49.5. The van der Waals surface area contributed by atoms with Gasteiger partial charge in [-0.1, -0.05) is 0 Å². The number of hydrogen-bond acceptors (Lipinski definition) is 4. The summed E-state index contributed by atoms with van der Waals surface area (Å²) in [5.41, 5.74) is 0.402. The number of aromatic amines is 1. The van der Waals surface area contributed by atoms with Gasteiger partial charge in [0.2, 0.25) is 0 Å². The lowest BCUT2D eigenvalue weighted by atomic mass is 10.3. The molecule has 0 aliphatic carbocycles. The van der Waals surface area contributed by atoms with Gasteiger partial charge in [-0.3, -0.25) is 9.89 Å². The predicted molar refractivity (Wildman–Crippen MR) is 62.9 cm³/mol. The first-order valence-corrected chi connectivity index (χ1v) is 5.89. The zero-order valence-corrected chi connectivity index (χ0v) is 10.3. The average molecular weight is 306 g/mol. The molecular weight excluding hydrogens is 300 g/mol. The third-order valence-corrected chi connectivity index (χ3v) is 2.88. The van der Waals surface area contributed by atoms with E-state index < -0.39 is 28.6 Å². The van der Waals surface area contributed by atoms with Crippen LogP contribution < -0.4 is 5.43 Å². The summed E-state index contributed by atoms with van der Waals surface area (Å²) in [5.74, 6) is -0.912. The lowest BCUT2D eigenvalue weighted by Crippen LogP contribution is -2.17. The molecular formula is C10H6F4N4OS. The summed E-state index contributed by atoms with van der Waals surface area (Å²) in [6.07, 6.45) is -3.44. The van der Waals surface area contributed by atoms with Gasteiger partial charge in [0.25, 0.3) is 5.91 Å². The van der Waals surface area contributed by atoms with Gasteiger partial charge in [-0.25, -0.2) is 5.43 Å². The molecule has 2 N–H and O–H groups in total. The number of rotatable bonds is 3. The first kappa shape index (κ1) is 14.2. The van der Waals surface area contributed by atoms with Gasteiger partial charge in [0.05, 0.1) is 11.1 Å². The zero-order valence-electron chi connectivity index (χ0n) is 9.53. The Hall–Kier alpha value is -2.23. The molecule has 0 fully saturated rings. The topological polar surface area (TPSA) is 70.1 Å². The molecule has 106 valence electrons. The molecule has 5 nitrogen and oxygen atoms in total. The van der Waals surface area contributed by atoms with Gasteiger partial charge in [0, 0.05) is 6.07 Å². The largest absolute Gasteiger partial charge is 0.432 e. The van der Waals surface area contributed by atoms with E-state index in [9.17, 15) is 22.4 Å². The van der Waals surface area contributed by atoms with E-state index in [2.05, 4.69) is 10.2 Å². The van der Waals surface area contributed by atoms with Crippen molar-refractivity contribution in [1.29, 1.82) is 0 Å². The number of alkyl halides is 3. The molecule has 0 bridgehead atoms. The quantitative estimate of drug-likeness (QED) is 0.519. The van der Waals surface area contributed by atoms with E-state index in [-0.39, 0.29) is 0 Å². The molecule has 2 aromatic heterocycles. The maximum absolute atomic E-state index is 12.6. The minimum atomic E-state index is -4.61. The third kappa shape index (κ3) is 3.41. The van der Waals surface area contributed by atoms with Crippen LogP contribution in [0.15, 0.2) is 23.3 Å². The Bertz CT molecular complexity index is 646. The van der Waals surface area contributed by atoms with Crippen LogP contribution in [0.25, 0.3) is 0 Å². The summed E-state index contributed by atoms with van der Waals surface area (Å²) in [5, 5.41) is 8.00. The van der Waals surface area contributed by atoms with Crippen LogP contribution in [0.1, 0.15) is 21.1 Å². The van der Waals surface area contributed by atoms with E-state index in [1.807, 2.05) is 5.43 Å². The fourth-order valence-electron chi connectivity index (χ4n) is 1.19. The fourth-order valence-corrected chi connectivity index (χ4v) is 1.80.